The molecule has 0 saturated heterocycles. The molecule has 0 spiro atoms. The summed E-state index contributed by atoms with van der Waals surface area (Å²) < 4.78 is 0. The number of hydrogen-bond acceptors (Lipinski definition) is 2. The van der Waals surface area contributed by atoms with Crippen LogP contribution in [-0.2, 0) is 0 Å². The SMILES string of the molecule is CCC(Nc1ccc(C)cc1)c1ccc(O)cc1. The Kier molecular flexibility index (Phi) is 3.88. The molecule has 18 heavy (non-hydrogen) atoms. The molecular weight excluding hydrogens is 222 g/mol. The molecule has 0 radical (unpaired) electrons. The first kappa shape index (κ1) is 12.5. The predicted molar refractivity (Wildman–Crippen MR) is 75.9 cm³/mol. The van der Waals surface area contributed by atoms with Gasteiger partial charge in [-0.1, -0.05) is 36.8 Å². The van der Waals surface area contributed by atoms with Crippen molar-refractivity contribution in [2.75, 3.05) is 5.32 Å². The molecule has 0 amide bonds. The fourth-order valence-electron chi connectivity index (χ4n) is 1.98. The van der Waals surface area contributed by atoms with Crippen LogP contribution in [0, 0.1) is 6.92 Å². The van der Waals surface area contributed by atoms with Gasteiger partial charge in [0.2, 0.25) is 0 Å². The topological polar surface area (TPSA) is 32.3 Å². The Labute approximate surface area is 108 Å². The number of nitrogens with one attached hydrogen (secondary N) is 1. The lowest BCUT2D eigenvalue weighted by molar-refractivity contribution is 0.475. The number of benzene rings is 2. The summed E-state index contributed by atoms with van der Waals surface area (Å²) in [6.07, 6.45) is 0.999. The van der Waals surface area contributed by atoms with Gasteiger partial charge in [0.1, 0.15) is 5.75 Å². The average molecular weight is 241 g/mol. The van der Waals surface area contributed by atoms with Gasteiger partial charge in [-0.2, -0.15) is 0 Å². The smallest absolute Gasteiger partial charge is 0.115 e. The third-order valence-corrected chi connectivity index (χ3v) is 3.10. The maximum Gasteiger partial charge on any atom is 0.115 e. The van der Waals surface area contributed by atoms with Gasteiger partial charge >= 0.3 is 0 Å². The van der Waals surface area contributed by atoms with E-state index in [1.807, 2.05) is 12.1 Å². The zero-order valence-corrected chi connectivity index (χ0v) is 10.9. The third-order valence-electron chi connectivity index (χ3n) is 3.10. The molecule has 0 bridgehead atoms. The largest absolute Gasteiger partial charge is 0.508 e. The summed E-state index contributed by atoms with van der Waals surface area (Å²) in [6.45, 7) is 4.24. The second-order valence-corrected chi connectivity index (χ2v) is 4.56. The first-order valence-electron chi connectivity index (χ1n) is 6.31. The fraction of sp³-hybridized carbons (Fsp3) is 0.250. The van der Waals surface area contributed by atoms with E-state index in [9.17, 15) is 5.11 Å². The van der Waals surface area contributed by atoms with E-state index in [1.165, 1.54) is 11.1 Å². The van der Waals surface area contributed by atoms with Gasteiger partial charge in [-0.3, -0.25) is 0 Å². The van der Waals surface area contributed by atoms with E-state index >= 15 is 0 Å². The van der Waals surface area contributed by atoms with Gasteiger partial charge in [-0.25, -0.2) is 0 Å². The van der Waals surface area contributed by atoms with Crippen molar-refractivity contribution in [3.05, 3.63) is 59.7 Å². The van der Waals surface area contributed by atoms with Gasteiger partial charge in [0.05, 0.1) is 6.04 Å². The second kappa shape index (κ2) is 5.58. The minimum absolute atomic E-state index is 0.272. The highest BCUT2D eigenvalue weighted by atomic mass is 16.3. The van der Waals surface area contributed by atoms with Crippen molar-refractivity contribution in [3.63, 3.8) is 0 Å². The average Bonchev–Trinajstić information content (AvgIpc) is 2.39. The standard InChI is InChI=1S/C16H19NO/c1-3-16(13-6-10-15(18)11-7-13)17-14-8-4-12(2)5-9-14/h4-11,16-18H,3H2,1-2H3. The van der Waals surface area contributed by atoms with E-state index in [-0.39, 0.29) is 6.04 Å². The van der Waals surface area contributed by atoms with Crippen molar-refractivity contribution in [3.8, 4) is 5.75 Å². The Morgan fingerprint density at radius 3 is 2.17 bits per heavy atom. The van der Waals surface area contributed by atoms with Gasteiger partial charge in [-0.05, 0) is 43.2 Å². The molecule has 0 aliphatic rings. The third kappa shape index (κ3) is 3.04. The van der Waals surface area contributed by atoms with Crippen molar-refractivity contribution < 1.29 is 5.11 Å². The number of aromatic hydroxyl groups is 1. The van der Waals surface area contributed by atoms with Gasteiger partial charge in [0, 0.05) is 5.69 Å². The lowest BCUT2D eigenvalue weighted by Gasteiger charge is -2.19. The van der Waals surface area contributed by atoms with Crippen LogP contribution < -0.4 is 5.32 Å². The van der Waals surface area contributed by atoms with E-state index in [4.69, 9.17) is 0 Å². The van der Waals surface area contributed by atoms with E-state index in [2.05, 4.69) is 43.4 Å². The molecule has 1 atom stereocenters. The van der Waals surface area contributed by atoms with E-state index in [0.717, 1.165) is 12.1 Å². The molecule has 94 valence electrons. The molecule has 0 heterocycles. The highest BCUT2D eigenvalue weighted by Gasteiger charge is 2.08. The number of anilines is 1. The Morgan fingerprint density at radius 1 is 1.00 bits per heavy atom. The Hall–Kier alpha value is -1.96. The number of phenolic OH excluding ortho intramolecular Hbond substituents is 1. The normalized spacial score (nSPS) is 12.1. The highest BCUT2D eigenvalue weighted by molar-refractivity contribution is 5.47. The molecule has 2 nitrogen and oxygen atoms in total. The molecular formula is C16H19NO. The molecule has 2 aromatic rings. The highest BCUT2D eigenvalue weighted by Crippen LogP contribution is 2.24. The summed E-state index contributed by atoms with van der Waals surface area (Å²) in [7, 11) is 0. The zero-order valence-electron chi connectivity index (χ0n) is 10.9. The minimum atomic E-state index is 0.272. The lowest BCUT2D eigenvalue weighted by atomic mass is 10.0. The van der Waals surface area contributed by atoms with Crippen LogP contribution in [0.1, 0.15) is 30.5 Å². The summed E-state index contributed by atoms with van der Waals surface area (Å²) in [5.74, 6) is 0.309. The molecule has 2 heteroatoms. The summed E-state index contributed by atoms with van der Waals surface area (Å²) >= 11 is 0. The van der Waals surface area contributed by atoms with E-state index in [0.29, 0.717) is 5.75 Å². The maximum absolute atomic E-state index is 9.31. The van der Waals surface area contributed by atoms with Crippen molar-refractivity contribution in [1.82, 2.24) is 0 Å². The Morgan fingerprint density at radius 2 is 1.61 bits per heavy atom. The molecule has 0 saturated carbocycles. The molecule has 2 aromatic carbocycles. The number of hydrogen-bond donors (Lipinski definition) is 2. The molecule has 0 aliphatic carbocycles. The summed E-state index contributed by atoms with van der Waals surface area (Å²) in [5, 5.41) is 12.8. The van der Waals surface area contributed by atoms with Crippen LogP contribution in [0.4, 0.5) is 5.69 Å². The molecule has 2 rings (SSSR count). The number of phenols is 1. The van der Waals surface area contributed by atoms with Gasteiger partial charge in [-0.15, -0.1) is 0 Å². The van der Waals surface area contributed by atoms with Crippen LogP contribution in [0.2, 0.25) is 0 Å². The van der Waals surface area contributed by atoms with Crippen molar-refractivity contribution in [2.45, 2.75) is 26.3 Å². The second-order valence-electron chi connectivity index (χ2n) is 4.56. The van der Waals surface area contributed by atoms with Crippen molar-refractivity contribution in [2.24, 2.45) is 0 Å². The van der Waals surface area contributed by atoms with Gasteiger partial charge in [0.25, 0.3) is 0 Å². The monoisotopic (exact) mass is 241 g/mol. The molecule has 1 unspecified atom stereocenters. The van der Waals surface area contributed by atoms with Crippen LogP contribution in [0.15, 0.2) is 48.5 Å². The molecule has 0 aromatic heterocycles. The molecule has 0 aliphatic heterocycles. The van der Waals surface area contributed by atoms with Crippen LogP contribution in [0.5, 0.6) is 5.75 Å². The van der Waals surface area contributed by atoms with Crippen molar-refractivity contribution in [1.29, 1.82) is 0 Å². The summed E-state index contributed by atoms with van der Waals surface area (Å²) in [6, 6.07) is 16.1. The quantitative estimate of drug-likeness (QED) is 0.838. The number of rotatable bonds is 4. The zero-order chi connectivity index (χ0) is 13.0. The fourth-order valence-corrected chi connectivity index (χ4v) is 1.98. The predicted octanol–water partition coefficient (Wildman–Crippen LogP) is 4.26. The van der Waals surface area contributed by atoms with Crippen LogP contribution in [0.3, 0.4) is 0 Å². The molecule has 2 N–H and O–H groups in total. The molecule has 0 fully saturated rings. The summed E-state index contributed by atoms with van der Waals surface area (Å²) in [4.78, 5) is 0. The van der Waals surface area contributed by atoms with Crippen LogP contribution in [0.25, 0.3) is 0 Å². The van der Waals surface area contributed by atoms with Gasteiger partial charge in [0.15, 0.2) is 0 Å². The van der Waals surface area contributed by atoms with E-state index in [1.54, 1.807) is 12.1 Å². The van der Waals surface area contributed by atoms with Crippen molar-refractivity contribution >= 4 is 5.69 Å². The lowest BCUT2D eigenvalue weighted by Crippen LogP contribution is -2.09. The summed E-state index contributed by atoms with van der Waals surface area (Å²) in [5.41, 5.74) is 3.58. The Balaban J connectivity index is 2.14. The Bertz CT molecular complexity index is 488. The van der Waals surface area contributed by atoms with Crippen LogP contribution in [-0.4, -0.2) is 5.11 Å². The van der Waals surface area contributed by atoms with Crippen LogP contribution >= 0.6 is 0 Å². The first-order chi connectivity index (χ1) is 8.69. The number of aryl methyl sites for hydroxylation is 1. The first-order valence-corrected chi connectivity index (χ1v) is 6.31. The van der Waals surface area contributed by atoms with Gasteiger partial charge < -0.3 is 10.4 Å². The van der Waals surface area contributed by atoms with E-state index < -0.39 is 0 Å². The maximum atomic E-state index is 9.31. The minimum Gasteiger partial charge on any atom is -0.508 e.